The highest BCUT2D eigenvalue weighted by Crippen LogP contribution is 2.32. The van der Waals surface area contributed by atoms with Crippen LogP contribution in [0.5, 0.6) is 0 Å². The number of carbonyl (C=O) groups excluding carboxylic acids is 1. The summed E-state index contributed by atoms with van der Waals surface area (Å²) in [5, 5.41) is 2.74. The molecule has 0 spiro atoms. The van der Waals surface area contributed by atoms with Gasteiger partial charge in [0.15, 0.2) is 0 Å². The van der Waals surface area contributed by atoms with Crippen LogP contribution in [-0.2, 0) is 4.79 Å². The maximum absolute atomic E-state index is 13.3. The lowest BCUT2D eigenvalue weighted by Crippen LogP contribution is -2.18. The van der Waals surface area contributed by atoms with E-state index in [-0.39, 0.29) is 11.7 Å². The number of halogens is 2. The molecule has 0 saturated carbocycles. The Morgan fingerprint density at radius 1 is 1.53 bits per heavy atom. The Morgan fingerprint density at radius 2 is 2.27 bits per heavy atom. The second-order valence-electron chi connectivity index (χ2n) is 3.50. The molecular weight excluding hydrogens is 263 g/mol. The molecular formula is C10H10BrFN2O. The molecule has 1 aliphatic rings. The van der Waals surface area contributed by atoms with E-state index in [0.717, 1.165) is 0 Å². The Kier molecular flexibility index (Phi) is 2.65. The Hall–Kier alpha value is -1.10. The molecule has 0 aromatic heterocycles. The number of fused-ring (bicyclic) bond motifs is 1. The van der Waals surface area contributed by atoms with E-state index < -0.39 is 0 Å². The van der Waals surface area contributed by atoms with Gasteiger partial charge in [-0.25, -0.2) is 4.39 Å². The fourth-order valence-electron chi connectivity index (χ4n) is 1.55. The lowest BCUT2D eigenvalue weighted by atomic mass is 10.2. The molecule has 0 unspecified atom stereocenters. The Labute approximate surface area is 95.4 Å². The molecule has 0 radical (unpaired) electrons. The maximum atomic E-state index is 13.3. The van der Waals surface area contributed by atoms with Crippen LogP contribution < -0.4 is 10.2 Å². The molecule has 0 aliphatic carbocycles. The molecule has 1 amide bonds. The zero-order chi connectivity index (χ0) is 11.0. The zero-order valence-corrected chi connectivity index (χ0v) is 9.77. The summed E-state index contributed by atoms with van der Waals surface area (Å²) in [7, 11) is 1.84. The molecule has 0 atom stereocenters. The normalized spacial score (nSPS) is 15.7. The van der Waals surface area contributed by atoms with Gasteiger partial charge in [-0.1, -0.05) is 0 Å². The van der Waals surface area contributed by atoms with Crippen LogP contribution in [0.3, 0.4) is 0 Å². The number of hydrogen-bond donors (Lipinski definition) is 1. The van der Waals surface area contributed by atoms with Gasteiger partial charge in [0.25, 0.3) is 0 Å². The highest BCUT2D eigenvalue weighted by Gasteiger charge is 2.18. The SMILES string of the molecule is CN1CCC(=O)Nc2cc(Br)c(F)cc21. The first-order valence-corrected chi connectivity index (χ1v) is 5.37. The van der Waals surface area contributed by atoms with Gasteiger partial charge in [0, 0.05) is 26.1 Å². The Morgan fingerprint density at radius 3 is 3.00 bits per heavy atom. The molecule has 0 bridgehead atoms. The van der Waals surface area contributed by atoms with E-state index in [0.29, 0.717) is 28.8 Å². The molecule has 2 rings (SSSR count). The van der Waals surface area contributed by atoms with Gasteiger partial charge in [-0.3, -0.25) is 4.79 Å². The van der Waals surface area contributed by atoms with Gasteiger partial charge in [0.1, 0.15) is 5.82 Å². The number of anilines is 2. The second kappa shape index (κ2) is 3.81. The van der Waals surface area contributed by atoms with Crippen molar-refractivity contribution in [1.82, 2.24) is 0 Å². The van der Waals surface area contributed by atoms with Crippen LogP contribution >= 0.6 is 15.9 Å². The molecule has 1 N–H and O–H groups in total. The highest BCUT2D eigenvalue weighted by atomic mass is 79.9. The lowest BCUT2D eigenvalue weighted by Gasteiger charge is -2.18. The molecule has 1 aliphatic heterocycles. The van der Waals surface area contributed by atoms with Gasteiger partial charge < -0.3 is 10.2 Å². The van der Waals surface area contributed by atoms with E-state index >= 15 is 0 Å². The van der Waals surface area contributed by atoms with Crippen molar-refractivity contribution >= 4 is 33.2 Å². The van der Waals surface area contributed by atoms with Crippen LogP contribution in [0.4, 0.5) is 15.8 Å². The highest BCUT2D eigenvalue weighted by molar-refractivity contribution is 9.10. The van der Waals surface area contributed by atoms with Crippen molar-refractivity contribution in [2.75, 3.05) is 23.8 Å². The van der Waals surface area contributed by atoms with Crippen LogP contribution in [0.1, 0.15) is 6.42 Å². The predicted octanol–water partition coefficient (Wildman–Crippen LogP) is 2.37. The number of amides is 1. The number of carbonyl (C=O) groups is 1. The van der Waals surface area contributed by atoms with Gasteiger partial charge in [0.05, 0.1) is 15.8 Å². The number of hydrogen-bond acceptors (Lipinski definition) is 2. The van der Waals surface area contributed by atoms with Gasteiger partial charge in [-0.2, -0.15) is 0 Å². The molecule has 1 aromatic rings. The number of nitrogens with zero attached hydrogens (tertiary/aromatic N) is 1. The average molecular weight is 273 g/mol. The quantitative estimate of drug-likeness (QED) is 0.787. The Balaban J connectivity index is 2.52. The molecule has 5 heteroatoms. The van der Waals surface area contributed by atoms with E-state index in [9.17, 15) is 9.18 Å². The summed E-state index contributed by atoms with van der Waals surface area (Å²) in [5.74, 6) is -0.365. The summed E-state index contributed by atoms with van der Waals surface area (Å²) in [6.07, 6.45) is 0.421. The number of rotatable bonds is 0. The molecule has 3 nitrogen and oxygen atoms in total. The fraction of sp³-hybridized carbons (Fsp3) is 0.300. The monoisotopic (exact) mass is 272 g/mol. The topological polar surface area (TPSA) is 32.3 Å². The van der Waals surface area contributed by atoms with Crippen LogP contribution in [0.25, 0.3) is 0 Å². The van der Waals surface area contributed by atoms with Crippen molar-refractivity contribution in [1.29, 1.82) is 0 Å². The van der Waals surface area contributed by atoms with Crippen LogP contribution in [0, 0.1) is 5.82 Å². The summed E-state index contributed by atoms with van der Waals surface area (Å²) in [6, 6.07) is 3.01. The molecule has 1 heterocycles. The van der Waals surface area contributed by atoms with Gasteiger partial charge in [0.2, 0.25) is 5.91 Å². The maximum Gasteiger partial charge on any atom is 0.226 e. The summed E-state index contributed by atoms with van der Waals surface area (Å²) in [4.78, 5) is 13.2. The molecule has 1 aromatic carbocycles. The molecule has 80 valence electrons. The van der Waals surface area contributed by atoms with Crippen molar-refractivity contribution in [3.8, 4) is 0 Å². The lowest BCUT2D eigenvalue weighted by molar-refractivity contribution is -0.115. The third-order valence-electron chi connectivity index (χ3n) is 2.40. The summed E-state index contributed by atoms with van der Waals surface area (Å²) in [6.45, 7) is 0.597. The number of benzene rings is 1. The third-order valence-corrected chi connectivity index (χ3v) is 3.01. The second-order valence-corrected chi connectivity index (χ2v) is 4.36. The zero-order valence-electron chi connectivity index (χ0n) is 8.18. The van der Waals surface area contributed by atoms with E-state index in [1.807, 2.05) is 11.9 Å². The minimum atomic E-state index is -0.322. The van der Waals surface area contributed by atoms with Crippen molar-refractivity contribution in [3.63, 3.8) is 0 Å². The molecule has 0 fully saturated rings. The van der Waals surface area contributed by atoms with E-state index in [4.69, 9.17) is 0 Å². The number of nitrogens with one attached hydrogen (secondary N) is 1. The first-order valence-electron chi connectivity index (χ1n) is 4.58. The summed E-state index contributed by atoms with van der Waals surface area (Å²) >= 11 is 3.09. The fourth-order valence-corrected chi connectivity index (χ4v) is 1.90. The standard InChI is InChI=1S/C10H10BrFN2O/c1-14-3-2-10(15)13-8-4-6(11)7(12)5-9(8)14/h4-5H,2-3H2,1H3,(H,13,15). The average Bonchev–Trinajstić information content (AvgIpc) is 2.30. The minimum absolute atomic E-state index is 0.0425. The van der Waals surface area contributed by atoms with Crippen molar-refractivity contribution in [2.45, 2.75) is 6.42 Å². The van der Waals surface area contributed by atoms with Gasteiger partial charge >= 0.3 is 0 Å². The summed E-state index contributed by atoms with van der Waals surface area (Å²) in [5.41, 5.74) is 1.36. The minimum Gasteiger partial charge on any atom is -0.372 e. The van der Waals surface area contributed by atoms with Crippen LogP contribution in [0.2, 0.25) is 0 Å². The van der Waals surface area contributed by atoms with E-state index in [1.165, 1.54) is 6.07 Å². The van der Waals surface area contributed by atoms with E-state index in [1.54, 1.807) is 6.07 Å². The van der Waals surface area contributed by atoms with Crippen molar-refractivity contribution in [3.05, 3.63) is 22.4 Å². The van der Waals surface area contributed by atoms with Crippen molar-refractivity contribution < 1.29 is 9.18 Å². The molecule has 0 saturated heterocycles. The van der Waals surface area contributed by atoms with E-state index in [2.05, 4.69) is 21.2 Å². The van der Waals surface area contributed by atoms with Crippen LogP contribution in [-0.4, -0.2) is 19.5 Å². The Bertz CT molecular complexity index is 422. The third kappa shape index (κ3) is 1.97. The summed E-state index contributed by atoms with van der Waals surface area (Å²) < 4.78 is 13.7. The first kappa shape index (κ1) is 10.4. The smallest absolute Gasteiger partial charge is 0.226 e. The predicted molar refractivity (Wildman–Crippen MR) is 60.6 cm³/mol. The largest absolute Gasteiger partial charge is 0.372 e. The van der Waals surface area contributed by atoms with Crippen LogP contribution in [0.15, 0.2) is 16.6 Å². The first-order chi connectivity index (χ1) is 7.08. The van der Waals surface area contributed by atoms with Gasteiger partial charge in [-0.15, -0.1) is 0 Å². The van der Waals surface area contributed by atoms with Crippen molar-refractivity contribution in [2.24, 2.45) is 0 Å². The van der Waals surface area contributed by atoms with Gasteiger partial charge in [-0.05, 0) is 22.0 Å². The molecule has 15 heavy (non-hydrogen) atoms.